The largest absolute Gasteiger partial charge is 0.493 e. The number of amides is 2. The summed E-state index contributed by atoms with van der Waals surface area (Å²) in [6.07, 6.45) is -0.455. The van der Waals surface area contributed by atoms with Gasteiger partial charge in [-0.25, -0.2) is 4.79 Å². The molecule has 210 valence electrons. The third-order valence-corrected chi connectivity index (χ3v) is 6.05. The molecule has 40 heavy (non-hydrogen) atoms. The van der Waals surface area contributed by atoms with Crippen LogP contribution in [0.4, 0.5) is 0 Å². The fourth-order valence-electron chi connectivity index (χ4n) is 3.97. The molecule has 3 aromatic rings. The Hall–Kier alpha value is -5.06. The lowest BCUT2D eigenvalue weighted by Gasteiger charge is -2.19. The summed E-state index contributed by atoms with van der Waals surface area (Å²) >= 11 is 0. The van der Waals surface area contributed by atoms with E-state index in [2.05, 4.69) is 10.6 Å². The van der Waals surface area contributed by atoms with E-state index in [1.165, 1.54) is 33.5 Å². The average molecular weight is 551 g/mol. The highest BCUT2D eigenvalue weighted by molar-refractivity contribution is 5.98. The zero-order valence-corrected chi connectivity index (χ0v) is 22.2. The van der Waals surface area contributed by atoms with Gasteiger partial charge in [-0.3, -0.25) is 14.4 Å². The molecule has 3 rings (SSSR count). The summed E-state index contributed by atoms with van der Waals surface area (Å²) in [5, 5.41) is 23.7. The molecule has 11 nitrogen and oxygen atoms in total. The Morgan fingerprint density at radius 3 is 2.00 bits per heavy atom. The molecule has 1 atom stereocenters. The Bertz CT molecular complexity index is 1360. The lowest BCUT2D eigenvalue weighted by atomic mass is 10.0. The number of carbonyl (C=O) groups excluding carboxylic acids is 2. The Morgan fingerprint density at radius 2 is 1.45 bits per heavy atom. The minimum Gasteiger partial charge on any atom is -0.493 e. The highest BCUT2D eigenvalue weighted by Gasteiger charge is 2.23. The lowest BCUT2D eigenvalue weighted by Crippen LogP contribution is -2.46. The number of carboxylic acid groups (broad SMARTS) is 2. The summed E-state index contributed by atoms with van der Waals surface area (Å²) in [7, 11) is 4.41. The third kappa shape index (κ3) is 7.50. The standard InChI is InChI=1S/C29H30N2O9/c1-38-23-13-17(14-24(39-2)26(23)40-3)16-30-28(35)22(11-12-25(32)33)31-27(34)19-9-7-18(8-10-19)20-5-4-6-21(15-20)29(36)37/h4-10,13-15,22H,11-12,16H2,1-3H3,(H,30,35)(H,31,34)(H,32,33)(H,36,37)/t22-/m0/s1. The molecule has 0 aromatic heterocycles. The maximum atomic E-state index is 13.0. The molecule has 0 spiro atoms. The van der Waals surface area contributed by atoms with Crippen LogP contribution in [0.25, 0.3) is 11.1 Å². The van der Waals surface area contributed by atoms with Crippen molar-refractivity contribution in [3.8, 4) is 28.4 Å². The first-order chi connectivity index (χ1) is 19.2. The van der Waals surface area contributed by atoms with Crippen molar-refractivity contribution in [1.29, 1.82) is 0 Å². The first-order valence-corrected chi connectivity index (χ1v) is 12.2. The Balaban J connectivity index is 1.72. The van der Waals surface area contributed by atoms with Crippen molar-refractivity contribution in [1.82, 2.24) is 10.6 Å². The molecule has 0 radical (unpaired) electrons. The van der Waals surface area contributed by atoms with Gasteiger partial charge < -0.3 is 35.1 Å². The van der Waals surface area contributed by atoms with Crippen molar-refractivity contribution < 1.29 is 43.6 Å². The summed E-state index contributed by atoms with van der Waals surface area (Å²) in [5.74, 6) is -2.08. The molecular weight excluding hydrogens is 520 g/mol. The van der Waals surface area contributed by atoms with Crippen molar-refractivity contribution in [2.75, 3.05) is 21.3 Å². The van der Waals surface area contributed by atoms with Gasteiger partial charge >= 0.3 is 11.9 Å². The van der Waals surface area contributed by atoms with E-state index in [0.29, 0.717) is 33.9 Å². The fourth-order valence-corrected chi connectivity index (χ4v) is 3.97. The van der Waals surface area contributed by atoms with Gasteiger partial charge in [-0.15, -0.1) is 0 Å². The van der Waals surface area contributed by atoms with Crippen LogP contribution in [0.15, 0.2) is 60.7 Å². The van der Waals surface area contributed by atoms with Crippen LogP contribution in [-0.4, -0.2) is 61.3 Å². The number of rotatable bonds is 13. The highest BCUT2D eigenvalue weighted by Crippen LogP contribution is 2.38. The van der Waals surface area contributed by atoms with Crippen molar-refractivity contribution in [2.45, 2.75) is 25.4 Å². The van der Waals surface area contributed by atoms with Crippen LogP contribution in [0, 0.1) is 0 Å². The zero-order valence-electron chi connectivity index (χ0n) is 22.2. The second kappa shape index (κ2) is 13.7. The van der Waals surface area contributed by atoms with E-state index in [0.717, 1.165) is 0 Å². The summed E-state index contributed by atoms with van der Waals surface area (Å²) in [4.78, 5) is 48.4. The van der Waals surface area contributed by atoms with Crippen LogP contribution in [0.3, 0.4) is 0 Å². The Labute approximate surface area is 230 Å². The maximum Gasteiger partial charge on any atom is 0.335 e. The van der Waals surface area contributed by atoms with Crippen LogP contribution < -0.4 is 24.8 Å². The molecule has 0 saturated heterocycles. The van der Waals surface area contributed by atoms with Crippen LogP contribution in [-0.2, 0) is 16.1 Å². The number of hydrogen-bond acceptors (Lipinski definition) is 7. The van der Waals surface area contributed by atoms with Gasteiger partial charge in [-0.2, -0.15) is 0 Å². The molecule has 0 aliphatic heterocycles. The topological polar surface area (TPSA) is 160 Å². The minimum absolute atomic E-state index is 0.0547. The van der Waals surface area contributed by atoms with Crippen LogP contribution in [0.2, 0.25) is 0 Å². The van der Waals surface area contributed by atoms with Gasteiger partial charge in [0.25, 0.3) is 5.91 Å². The minimum atomic E-state index is -1.11. The predicted molar refractivity (Wildman–Crippen MR) is 145 cm³/mol. The van der Waals surface area contributed by atoms with Gasteiger partial charge in [0.1, 0.15) is 6.04 Å². The molecule has 0 fully saturated rings. The molecular formula is C29H30N2O9. The second-order valence-corrected chi connectivity index (χ2v) is 8.67. The molecule has 0 saturated carbocycles. The van der Waals surface area contributed by atoms with Gasteiger partial charge in [0.2, 0.25) is 11.7 Å². The van der Waals surface area contributed by atoms with Crippen molar-refractivity contribution in [2.24, 2.45) is 0 Å². The molecule has 4 N–H and O–H groups in total. The number of hydrogen-bond donors (Lipinski definition) is 4. The van der Waals surface area contributed by atoms with E-state index < -0.39 is 29.8 Å². The maximum absolute atomic E-state index is 13.0. The predicted octanol–water partition coefficient (Wildman–Crippen LogP) is 3.36. The summed E-state index contributed by atoms with van der Waals surface area (Å²) in [5.41, 5.74) is 2.38. The first kappa shape index (κ1) is 29.5. The Kier molecular flexibility index (Phi) is 10.1. The van der Waals surface area contributed by atoms with Gasteiger partial charge in [0.05, 0.1) is 26.9 Å². The van der Waals surface area contributed by atoms with E-state index in [-0.39, 0.29) is 30.5 Å². The highest BCUT2D eigenvalue weighted by atomic mass is 16.5. The van der Waals surface area contributed by atoms with Gasteiger partial charge in [0, 0.05) is 18.5 Å². The average Bonchev–Trinajstić information content (AvgIpc) is 2.97. The number of aliphatic carboxylic acids is 1. The van der Waals surface area contributed by atoms with E-state index in [9.17, 15) is 24.3 Å². The van der Waals surface area contributed by atoms with Gasteiger partial charge in [-0.1, -0.05) is 24.3 Å². The number of methoxy groups -OCH3 is 3. The molecule has 11 heteroatoms. The van der Waals surface area contributed by atoms with E-state index in [1.54, 1.807) is 48.5 Å². The summed E-state index contributed by atoms with van der Waals surface area (Å²) < 4.78 is 16.0. The van der Waals surface area contributed by atoms with Crippen LogP contribution >= 0.6 is 0 Å². The van der Waals surface area contributed by atoms with Crippen LogP contribution in [0.5, 0.6) is 17.2 Å². The van der Waals surface area contributed by atoms with E-state index >= 15 is 0 Å². The molecule has 0 aliphatic carbocycles. The molecule has 2 amide bonds. The number of carboxylic acids is 2. The fraction of sp³-hybridized carbons (Fsp3) is 0.241. The quantitative estimate of drug-likeness (QED) is 0.250. The first-order valence-electron chi connectivity index (χ1n) is 12.2. The van der Waals surface area contributed by atoms with E-state index in [1.807, 2.05) is 0 Å². The second-order valence-electron chi connectivity index (χ2n) is 8.67. The molecule has 0 heterocycles. The Morgan fingerprint density at radius 1 is 0.800 bits per heavy atom. The number of aromatic carboxylic acids is 1. The van der Waals surface area contributed by atoms with E-state index in [4.69, 9.17) is 19.3 Å². The van der Waals surface area contributed by atoms with Crippen LogP contribution in [0.1, 0.15) is 39.1 Å². The number of benzene rings is 3. The monoisotopic (exact) mass is 550 g/mol. The molecule has 0 unspecified atom stereocenters. The zero-order chi connectivity index (χ0) is 29.2. The van der Waals surface area contributed by atoms with Crippen molar-refractivity contribution >= 4 is 23.8 Å². The van der Waals surface area contributed by atoms with Crippen molar-refractivity contribution in [3.05, 3.63) is 77.4 Å². The molecule has 3 aromatic carbocycles. The third-order valence-electron chi connectivity index (χ3n) is 6.05. The SMILES string of the molecule is COc1cc(CNC(=O)[C@H](CCC(=O)O)NC(=O)c2ccc(-c3cccc(C(=O)O)c3)cc2)cc(OC)c1OC. The molecule has 0 bridgehead atoms. The lowest BCUT2D eigenvalue weighted by molar-refractivity contribution is -0.137. The summed E-state index contributed by atoms with van der Waals surface area (Å²) in [6.45, 7) is 0.0547. The number of carbonyl (C=O) groups is 4. The number of ether oxygens (including phenoxy) is 3. The van der Waals surface area contributed by atoms with Gasteiger partial charge in [-0.05, 0) is 59.5 Å². The molecule has 0 aliphatic rings. The normalized spacial score (nSPS) is 11.2. The number of nitrogens with one attached hydrogen (secondary N) is 2. The van der Waals surface area contributed by atoms with Gasteiger partial charge in [0.15, 0.2) is 11.5 Å². The summed E-state index contributed by atoms with van der Waals surface area (Å²) in [6, 6.07) is 15.0. The van der Waals surface area contributed by atoms with Crippen molar-refractivity contribution in [3.63, 3.8) is 0 Å². The smallest absolute Gasteiger partial charge is 0.335 e.